The fourth-order valence-corrected chi connectivity index (χ4v) is 3.28. The van der Waals surface area contributed by atoms with Gasteiger partial charge < -0.3 is 5.32 Å². The van der Waals surface area contributed by atoms with Crippen molar-refractivity contribution in [2.24, 2.45) is 0 Å². The van der Waals surface area contributed by atoms with Crippen molar-refractivity contribution in [1.82, 2.24) is 0 Å². The van der Waals surface area contributed by atoms with Crippen molar-refractivity contribution in [1.29, 1.82) is 0 Å². The van der Waals surface area contributed by atoms with Gasteiger partial charge in [-0.25, -0.2) is 8.42 Å². The van der Waals surface area contributed by atoms with Gasteiger partial charge in [-0.2, -0.15) is 0 Å². The number of hydrogen-bond acceptors (Lipinski definition) is 4. The molecule has 0 bridgehead atoms. The number of halogens is 1. The number of para-hydroxylation sites is 2. The molecule has 0 aromatic heterocycles. The summed E-state index contributed by atoms with van der Waals surface area (Å²) < 4.78 is 25.1. The van der Waals surface area contributed by atoms with Crippen LogP contribution in [0, 0.1) is 0 Å². The average molecular weight is 380 g/mol. The first-order valence-electron chi connectivity index (χ1n) is 7.23. The molecule has 0 unspecified atom stereocenters. The number of carbonyl (C=O) groups excluding carboxylic acids is 2. The Bertz CT molecular complexity index is 975. The minimum atomic E-state index is -3.50. The van der Waals surface area contributed by atoms with Crippen LogP contribution in [0.15, 0.2) is 42.5 Å². The maximum atomic E-state index is 12.9. The van der Waals surface area contributed by atoms with Gasteiger partial charge in [-0.1, -0.05) is 23.7 Å². The zero-order chi connectivity index (χ0) is 18.2. The quantitative estimate of drug-likeness (QED) is 0.855. The van der Waals surface area contributed by atoms with Crippen molar-refractivity contribution in [3.63, 3.8) is 0 Å². The number of rotatable bonds is 3. The Morgan fingerprint density at radius 1 is 1.24 bits per heavy atom. The van der Waals surface area contributed by atoms with Crippen molar-refractivity contribution in [3.8, 4) is 0 Å². The molecule has 0 spiro atoms. The Balaban J connectivity index is 2.01. The maximum Gasteiger partial charge on any atom is 0.260 e. The molecule has 1 aliphatic rings. The van der Waals surface area contributed by atoms with Gasteiger partial charge >= 0.3 is 0 Å². The predicted octanol–water partition coefficient (Wildman–Crippen LogP) is 2.31. The van der Waals surface area contributed by atoms with Crippen molar-refractivity contribution < 1.29 is 18.0 Å². The fraction of sp³-hybridized carbons (Fsp3) is 0.125. The third-order valence-corrected chi connectivity index (χ3v) is 4.45. The second-order valence-electron chi connectivity index (χ2n) is 5.53. The van der Waals surface area contributed by atoms with Crippen LogP contribution >= 0.6 is 11.6 Å². The van der Waals surface area contributed by atoms with E-state index >= 15 is 0 Å². The van der Waals surface area contributed by atoms with Gasteiger partial charge in [-0.3, -0.25) is 19.2 Å². The van der Waals surface area contributed by atoms with Gasteiger partial charge in [-0.05, 0) is 30.3 Å². The second-order valence-corrected chi connectivity index (χ2v) is 7.68. The Kier molecular flexibility index (Phi) is 4.40. The summed E-state index contributed by atoms with van der Waals surface area (Å²) in [6, 6.07) is 11.1. The Labute approximate surface area is 149 Å². The smallest absolute Gasteiger partial charge is 0.260 e. The highest BCUT2D eigenvalue weighted by Crippen LogP contribution is 2.32. The molecule has 0 aliphatic carbocycles. The predicted molar refractivity (Wildman–Crippen MR) is 96.7 cm³/mol. The molecule has 2 amide bonds. The summed E-state index contributed by atoms with van der Waals surface area (Å²) >= 11 is 6.12. The molecular formula is C16H14ClN3O4S. The molecule has 7 nitrogen and oxygen atoms in total. The lowest BCUT2D eigenvalue weighted by Gasteiger charge is -2.29. The lowest BCUT2D eigenvalue weighted by atomic mass is 10.1. The zero-order valence-corrected chi connectivity index (χ0v) is 14.7. The Morgan fingerprint density at radius 2 is 1.96 bits per heavy atom. The van der Waals surface area contributed by atoms with E-state index in [0.29, 0.717) is 11.4 Å². The summed E-state index contributed by atoms with van der Waals surface area (Å²) in [4.78, 5) is 26.1. The number of fused-ring (bicyclic) bond motifs is 1. The molecule has 0 saturated carbocycles. The highest BCUT2D eigenvalue weighted by Gasteiger charge is 2.28. The standard InChI is InChI=1S/C16H14ClN3O4S/c1-25(23,24)19-10-6-7-12(17)11(8-10)16(22)20-9-15(21)18-13-4-2-3-5-14(13)20/h2-8,19H,9H2,1H3,(H,18,21). The lowest BCUT2D eigenvalue weighted by Crippen LogP contribution is -2.42. The van der Waals surface area contributed by atoms with Crippen LogP contribution in [0.1, 0.15) is 10.4 Å². The third kappa shape index (κ3) is 3.75. The van der Waals surface area contributed by atoms with E-state index in [1.54, 1.807) is 24.3 Å². The van der Waals surface area contributed by atoms with Crippen LogP contribution in [-0.2, 0) is 14.8 Å². The monoisotopic (exact) mass is 379 g/mol. The largest absolute Gasteiger partial charge is 0.323 e. The normalized spacial score (nSPS) is 13.8. The van der Waals surface area contributed by atoms with E-state index < -0.39 is 15.9 Å². The molecule has 1 aliphatic heterocycles. The molecule has 2 aromatic carbocycles. The summed E-state index contributed by atoms with van der Waals surface area (Å²) in [6.07, 6.45) is 1.01. The van der Waals surface area contributed by atoms with Crippen LogP contribution in [0.25, 0.3) is 0 Å². The van der Waals surface area contributed by atoms with Crippen molar-refractivity contribution in [2.45, 2.75) is 0 Å². The molecule has 0 atom stereocenters. The van der Waals surface area contributed by atoms with Crippen molar-refractivity contribution >= 4 is 50.5 Å². The number of anilines is 3. The zero-order valence-electron chi connectivity index (χ0n) is 13.1. The number of amides is 2. The van der Waals surface area contributed by atoms with Gasteiger partial charge in [-0.15, -0.1) is 0 Å². The van der Waals surface area contributed by atoms with E-state index in [-0.39, 0.29) is 28.7 Å². The molecule has 2 N–H and O–H groups in total. The van der Waals surface area contributed by atoms with E-state index in [1.165, 1.54) is 23.1 Å². The maximum absolute atomic E-state index is 12.9. The average Bonchev–Trinajstić information content (AvgIpc) is 2.54. The van der Waals surface area contributed by atoms with Crippen molar-refractivity contribution in [2.75, 3.05) is 27.7 Å². The Hall–Kier alpha value is -2.58. The van der Waals surface area contributed by atoms with E-state index in [4.69, 9.17) is 11.6 Å². The molecule has 130 valence electrons. The van der Waals surface area contributed by atoms with Crippen LogP contribution < -0.4 is 14.9 Å². The molecule has 3 rings (SSSR count). The number of nitrogens with one attached hydrogen (secondary N) is 2. The molecular weight excluding hydrogens is 366 g/mol. The SMILES string of the molecule is CS(=O)(=O)Nc1ccc(Cl)c(C(=O)N2CC(=O)Nc3ccccc32)c1. The van der Waals surface area contributed by atoms with Crippen LogP contribution in [0.5, 0.6) is 0 Å². The molecule has 1 heterocycles. The van der Waals surface area contributed by atoms with E-state index in [2.05, 4.69) is 10.0 Å². The molecule has 2 aromatic rings. The molecule has 9 heteroatoms. The van der Waals surface area contributed by atoms with Gasteiger partial charge in [0.2, 0.25) is 15.9 Å². The number of benzene rings is 2. The number of nitrogens with zero attached hydrogens (tertiary/aromatic N) is 1. The summed E-state index contributed by atoms with van der Waals surface area (Å²) in [6.45, 7) is -0.157. The van der Waals surface area contributed by atoms with E-state index in [0.717, 1.165) is 6.26 Å². The van der Waals surface area contributed by atoms with Gasteiger partial charge in [0.25, 0.3) is 5.91 Å². The van der Waals surface area contributed by atoms with Crippen LogP contribution in [0.4, 0.5) is 17.1 Å². The van der Waals surface area contributed by atoms with Crippen LogP contribution in [0.3, 0.4) is 0 Å². The first-order valence-corrected chi connectivity index (χ1v) is 9.49. The fourth-order valence-electron chi connectivity index (χ4n) is 2.53. The minimum absolute atomic E-state index is 0.0971. The van der Waals surface area contributed by atoms with Gasteiger partial charge in [0, 0.05) is 5.69 Å². The summed E-state index contributed by atoms with van der Waals surface area (Å²) in [5, 5.41) is 2.86. The van der Waals surface area contributed by atoms with E-state index in [9.17, 15) is 18.0 Å². The second kappa shape index (κ2) is 6.38. The highest BCUT2D eigenvalue weighted by atomic mass is 35.5. The molecule has 0 fully saturated rings. The van der Waals surface area contributed by atoms with Gasteiger partial charge in [0.1, 0.15) is 6.54 Å². The summed E-state index contributed by atoms with van der Waals surface area (Å²) in [5.41, 5.74) is 1.38. The summed E-state index contributed by atoms with van der Waals surface area (Å²) in [7, 11) is -3.50. The number of hydrogen-bond donors (Lipinski definition) is 2. The molecule has 25 heavy (non-hydrogen) atoms. The summed E-state index contributed by atoms with van der Waals surface area (Å²) in [5.74, 6) is -0.821. The molecule has 0 saturated heterocycles. The third-order valence-electron chi connectivity index (χ3n) is 3.52. The van der Waals surface area contributed by atoms with E-state index in [1.807, 2.05) is 0 Å². The van der Waals surface area contributed by atoms with Crippen LogP contribution in [0.2, 0.25) is 5.02 Å². The first kappa shape index (κ1) is 17.2. The Morgan fingerprint density at radius 3 is 2.68 bits per heavy atom. The highest BCUT2D eigenvalue weighted by molar-refractivity contribution is 7.92. The van der Waals surface area contributed by atoms with Gasteiger partial charge in [0.05, 0.1) is 28.2 Å². The van der Waals surface area contributed by atoms with Gasteiger partial charge in [0.15, 0.2) is 0 Å². The van der Waals surface area contributed by atoms with Crippen molar-refractivity contribution in [3.05, 3.63) is 53.1 Å². The minimum Gasteiger partial charge on any atom is -0.323 e. The topological polar surface area (TPSA) is 95.6 Å². The lowest BCUT2D eigenvalue weighted by molar-refractivity contribution is -0.115. The number of carbonyl (C=O) groups is 2. The van der Waals surface area contributed by atoms with Crippen LogP contribution in [-0.4, -0.2) is 33.0 Å². The molecule has 0 radical (unpaired) electrons. The first-order chi connectivity index (χ1) is 11.7. The number of sulfonamides is 1.